The van der Waals surface area contributed by atoms with E-state index in [0.717, 1.165) is 11.8 Å². The normalized spacial score (nSPS) is 43.5. The van der Waals surface area contributed by atoms with Gasteiger partial charge in [-0.1, -0.05) is 27.7 Å². The second kappa shape index (κ2) is 3.37. The largest absolute Gasteiger partial charge is 0.314 e. The maximum absolute atomic E-state index is 3.54. The molecule has 0 aromatic heterocycles. The first-order valence-electron chi connectivity index (χ1n) is 5.20. The lowest BCUT2D eigenvalue weighted by Gasteiger charge is -2.46. The van der Waals surface area contributed by atoms with Crippen LogP contribution in [-0.4, -0.2) is 12.6 Å². The van der Waals surface area contributed by atoms with Crippen molar-refractivity contribution in [2.24, 2.45) is 17.3 Å². The summed E-state index contributed by atoms with van der Waals surface area (Å²) < 4.78 is 0. The molecular formula is C11H23N. The molecule has 0 saturated carbocycles. The molecule has 0 aliphatic carbocycles. The molecule has 0 aromatic rings. The molecule has 1 N–H and O–H groups in total. The van der Waals surface area contributed by atoms with E-state index in [0.29, 0.717) is 11.5 Å². The van der Waals surface area contributed by atoms with Gasteiger partial charge >= 0.3 is 0 Å². The number of rotatable bonds is 1. The van der Waals surface area contributed by atoms with E-state index in [4.69, 9.17) is 0 Å². The van der Waals surface area contributed by atoms with Crippen LogP contribution >= 0.6 is 0 Å². The first-order valence-corrected chi connectivity index (χ1v) is 5.20. The molecule has 1 fully saturated rings. The zero-order valence-corrected chi connectivity index (χ0v) is 9.15. The molecule has 1 nitrogen and oxygen atoms in total. The molecule has 1 aliphatic heterocycles. The van der Waals surface area contributed by atoms with Gasteiger partial charge in [-0.15, -0.1) is 0 Å². The van der Waals surface area contributed by atoms with Crippen LogP contribution in [0, 0.1) is 17.3 Å². The molecule has 0 amide bonds. The lowest BCUT2D eigenvalue weighted by molar-refractivity contribution is 0.0637. The molecule has 0 aromatic carbocycles. The van der Waals surface area contributed by atoms with Gasteiger partial charge in [-0.25, -0.2) is 0 Å². The first kappa shape index (κ1) is 10.0. The molecule has 0 radical (unpaired) electrons. The second-order valence-corrected chi connectivity index (χ2v) is 5.07. The maximum atomic E-state index is 3.54. The van der Waals surface area contributed by atoms with Crippen LogP contribution in [0.4, 0.5) is 0 Å². The van der Waals surface area contributed by atoms with Crippen LogP contribution in [0.2, 0.25) is 0 Å². The minimum absolute atomic E-state index is 0.546. The van der Waals surface area contributed by atoms with Crippen molar-refractivity contribution in [3.8, 4) is 0 Å². The van der Waals surface area contributed by atoms with E-state index in [1.807, 2.05) is 0 Å². The van der Waals surface area contributed by atoms with Crippen molar-refractivity contribution >= 4 is 0 Å². The van der Waals surface area contributed by atoms with E-state index in [2.05, 4.69) is 39.9 Å². The van der Waals surface area contributed by atoms with Gasteiger partial charge in [-0.3, -0.25) is 0 Å². The Balaban J connectivity index is 2.71. The van der Waals surface area contributed by atoms with Crippen LogP contribution in [0.15, 0.2) is 0 Å². The fraction of sp³-hybridized carbons (Fsp3) is 1.00. The predicted octanol–water partition coefficient (Wildman–Crippen LogP) is 2.67. The Morgan fingerprint density at radius 1 is 1.33 bits per heavy atom. The summed E-state index contributed by atoms with van der Waals surface area (Å²) in [4.78, 5) is 0. The Morgan fingerprint density at radius 3 is 2.33 bits per heavy atom. The summed E-state index contributed by atoms with van der Waals surface area (Å²) in [6.07, 6.45) is 1.33. The third-order valence-electron chi connectivity index (χ3n) is 3.96. The van der Waals surface area contributed by atoms with E-state index in [1.54, 1.807) is 0 Å². The Morgan fingerprint density at radius 2 is 1.92 bits per heavy atom. The van der Waals surface area contributed by atoms with Crippen LogP contribution in [-0.2, 0) is 0 Å². The summed E-state index contributed by atoms with van der Waals surface area (Å²) in [7, 11) is 0. The molecular weight excluding hydrogens is 146 g/mol. The maximum Gasteiger partial charge on any atom is 0.00442 e. The first-order chi connectivity index (χ1) is 5.47. The van der Waals surface area contributed by atoms with Gasteiger partial charge in [0.05, 0.1) is 0 Å². The van der Waals surface area contributed by atoms with Gasteiger partial charge in [0.15, 0.2) is 0 Å². The minimum Gasteiger partial charge on any atom is -0.314 e. The molecule has 1 heterocycles. The quantitative estimate of drug-likeness (QED) is 0.636. The van der Waals surface area contributed by atoms with Crippen LogP contribution in [0.3, 0.4) is 0 Å². The zero-order chi connectivity index (χ0) is 9.35. The van der Waals surface area contributed by atoms with Crippen LogP contribution < -0.4 is 5.32 Å². The lowest BCUT2D eigenvalue weighted by atomic mass is 9.64. The summed E-state index contributed by atoms with van der Waals surface area (Å²) in [5.41, 5.74) is 0.546. The Kier molecular flexibility index (Phi) is 2.82. The molecule has 1 saturated heterocycles. The fourth-order valence-corrected chi connectivity index (χ4v) is 2.35. The average Bonchev–Trinajstić information content (AvgIpc) is 1.97. The topological polar surface area (TPSA) is 12.0 Å². The molecule has 0 spiro atoms. The highest BCUT2D eigenvalue weighted by Crippen LogP contribution is 2.41. The number of piperidine rings is 1. The van der Waals surface area contributed by atoms with Gasteiger partial charge in [-0.05, 0) is 37.1 Å². The van der Waals surface area contributed by atoms with E-state index >= 15 is 0 Å². The third-order valence-corrected chi connectivity index (χ3v) is 3.96. The van der Waals surface area contributed by atoms with Gasteiger partial charge in [0.2, 0.25) is 0 Å². The van der Waals surface area contributed by atoms with Crippen molar-refractivity contribution in [2.75, 3.05) is 6.54 Å². The highest BCUT2D eigenvalue weighted by molar-refractivity contribution is 4.91. The molecule has 1 heteroatoms. The van der Waals surface area contributed by atoms with Gasteiger partial charge in [0.1, 0.15) is 0 Å². The Labute approximate surface area is 76.9 Å². The molecule has 3 unspecified atom stereocenters. The number of nitrogens with one attached hydrogen (secondary N) is 1. The Hall–Kier alpha value is -0.0400. The second-order valence-electron chi connectivity index (χ2n) is 5.07. The summed E-state index contributed by atoms with van der Waals surface area (Å²) in [5, 5.41) is 3.54. The Bertz CT molecular complexity index is 153. The van der Waals surface area contributed by atoms with Crippen molar-refractivity contribution in [3.63, 3.8) is 0 Å². The average molecular weight is 169 g/mol. The fourth-order valence-electron chi connectivity index (χ4n) is 2.35. The summed E-state index contributed by atoms with van der Waals surface area (Å²) in [6.45, 7) is 13.0. The van der Waals surface area contributed by atoms with Crippen LogP contribution in [0.25, 0.3) is 0 Å². The van der Waals surface area contributed by atoms with E-state index in [1.165, 1.54) is 13.0 Å². The third kappa shape index (κ3) is 1.66. The summed E-state index contributed by atoms with van der Waals surface area (Å²) in [5.74, 6) is 1.62. The van der Waals surface area contributed by atoms with Gasteiger partial charge in [0.25, 0.3) is 0 Å². The van der Waals surface area contributed by atoms with Crippen molar-refractivity contribution in [1.82, 2.24) is 5.32 Å². The standard InChI is InChI=1S/C11H23N/c1-8(2)11(5)6-10(4)12-7-9(11)3/h8-10,12H,6-7H2,1-5H3. The molecule has 3 atom stereocenters. The number of hydrogen-bond acceptors (Lipinski definition) is 1. The molecule has 12 heavy (non-hydrogen) atoms. The van der Waals surface area contributed by atoms with Gasteiger partial charge < -0.3 is 5.32 Å². The van der Waals surface area contributed by atoms with Crippen molar-refractivity contribution in [1.29, 1.82) is 0 Å². The SMILES string of the molecule is CC1CC(C)(C(C)C)C(C)CN1. The monoisotopic (exact) mass is 169 g/mol. The summed E-state index contributed by atoms with van der Waals surface area (Å²) in [6, 6.07) is 0.702. The van der Waals surface area contributed by atoms with Crippen LogP contribution in [0.1, 0.15) is 41.0 Å². The molecule has 1 aliphatic rings. The zero-order valence-electron chi connectivity index (χ0n) is 9.15. The summed E-state index contributed by atoms with van der Waals surface area (Å²) >= 11 is 0. The molecule has 0 bridgehead atoms. The molecule has 1 rings (SSSR count). The smallest absolute Gasteiger partial charge is 0.00442 e. The highest BCUT2D eigenvalue weighted by Gasteiger charge is 2.38. The van der Waals surface area contributed by atoms with Crippen molar-refractivity contribution in [3.05, 3.63) is 0 Å². The van der Waals surface area contributed by atoms with Gasteiger partial charge in [-0.2, -0.15) is 0 Å². The van der Waals surface area contributed by atoms with Crippen LogP contribution in [0.5, 0.6) is 0 Å². The minimum atomic E-state index is 0.546. The molecule has 72 valence electrons. The van der Waals surface area contributed by atoms with Crippen molar-refractivity contribution < 1.29 is 0 Å². The van der Waals surface area contributed by atoms with Crippen molar-refractivity contribution in [2.45, 2.75) is 47.1 Å². The van der Waals surface area contributed by atoms with E-state index in [-0.39, 0.29) is 0 Å². The van der Waals surface area contributed by atoms with E-state index < -0.39 is 0 Å². The van der Waals surface area contributed by atoms with Gasteiger partial charge in [0, 0.05) is 6.04 Å². The highest BCUT2D eigenvalue weighted by atomic mass is 14.9. The lowest BCUT2D eigenvalue weighted by Crippen LogP contribution is -2.49. The predicted molar refractivity (Wildman–Crippen MR) is 54.2 cm³/mol. The number of hydrogen-bond donors (Lipinski definition) is 1. The van der Waals surface area contributed by atoms with E-state index in [9.17, 15) is 0 Å².